The largest absolute Gasteiger partial charge is 0.492 e. The van der Waals surface area contributed by atoms with Crippen molar-refractivity contribution in [2.75, 3.05) is 40.8 Å². The van der Waals surface area contributed by atoms with Gasteiger partial charge in [0.05, 0.1) is 0 Å². The molecule has 1 aromatic rings. The third-order valence-electron chi connectivity index (χ3n) is 2.56. The summed E-state index contributed by atoms with van der Waals surface area (Å²) in [4.78, 5) is 2.11. The van der Waals surface area contributed by atoms with Crippen molar-refractivity contribution in [3.05, 3.63) is 35.4 Å². The van der Waals surface area contributed by atoms with E-state index in [0.29, 0.717) is 0 Å². The lowest BCUT2D eigenvalue weighted by Gasteiger charge is -2.11. The molecule has 0 saturated carbocycles. The molecule has 0 aliphatic heterocycles. The molecule has 0 radical (unpaired) electrons. The summed E-state index contributed by atoms with van der Waals surface area (Å²) in [6.07, 6.45) is 2.18. The van der Waals surface area contributed by atoms with Gasteiger partial charge in [-0.2, -0.15) is 0 Å². The molecule has 3 heteroatoms. The van der Waals surface area contributed by atoms with Crippen LogP contribution in [0.3, 0.4) is 0 Å². The van der Waals surface area contributed by atoms with E-state index in [1.165, 1.54) is 11.1 Å². The molecule has 0 saturated heterocycles. The Morgan fingerprint density at radius 1 is 1.28 bits per heavy atom. The van der Waals surface area contributed by atoms with Gasteiger partial charge in [0.25, 0.3) is 0 Å². The van der Waals surface area contributed by atoms with Crippen LogP contribution in [0.15, 0.2) is 29.8 Å². The molecule has 0 unspecified atom stereocenters. The van der Waals surface area contributed by atoms with E-state index >= 15 is 0 Å². The molecule has 3 nitrogen and oxygen atoms in total. The normalized spacial score (nSPS) is 11.9. The first-order valence-corrected chi connectivity index (χ1v) is 6.31. The Morgan fingerprint density at radius 2 is 1.94 bits per heavy atom. The number of rotatable bonds is 7. The fourth-order valence-corrected chi connectivity index (χ4v) is 1.62. The zero-order chi connectivity index (χ0) is 13.4. The number of nitrogens with zero attached hydrogens (tertiary/aromatic N) is 1. The zero-order valence-corrected chi connectivity index (χ0v) is 11.9. The lowest BCUT2D eigenvalue weighted by Crippen LogP contribution is -2.19. The summed E-state index contributed by atoms with van der Waals surface area (Å²) in [5, 5.41) is 3.14. The molecule has 18 heavy (non-hydrogen) atoms. The molecule has 1 N–H and O–H groups in total. The van der Waals surface area contributed by atoms with Gasteiger partial charge in [-0.25, -0.2) is 0 Å². The molecular weight excluding hydrogens is 224 g/mol. The van der Waals surface area contributed by atoms with Crippen LogP contribution in [-0.2, 0) is 0 Å². The monoisotopic (exact) mass is 248 g/mol. The van der Waals surface area contributed by atoms with Crippen LogP contribution in [-0.4, -0.2) is 45.7 Å². The van der Waals surface area contributed by atoms with Crippen LogP contribution >= 0.6 is 0 Å². The van der Waals surface area contributed by atoms with Gasteiger partial charge < -0.3 is 15.0 Å². The van der Waals surface area contributed by atoms with E-state index in [9.17, 15) is 0 Å². The number of benzene rings is 1. The second kappa shape index (κ2) is 7.90. The Kier molecular flexibility index (Phi) is 6.47. The van der Waals surface area contributed by atoms with Crippen molar-refractivity contribution in [2.45, 2.75) is 6.92 Å². The molecule has 0 amide bonds. The number of nitrogens with one attached hydrogen (secondary N) is 1. The average molecular weight is 248 g/mol. The first kappa shape index (κ1) is 14.7. The zero-order valence-electron chi connectivity index (χ0n) is 11.9. The van der Waals surface area contributed by atoms with Crippen LogP contribution in [0.2, 0.25) is 0 Å². The van der Waals surface area contributed by atoms with Crippen LogP contribution in [0.4, 0.5) is 0 Å². The lowest BCUT2D eigenvalue weighted by molar-refractivity contribution is 0.261. The van der Waals surface area contributed by atoms with Gasteiger partial charge in [-0.3, -0.25) is 0 Å². The van der Waals surface area contributed by atoms with Crippen LogP contribution < -0.4 is 10.1 Å². The fourth-order valence-electron chi connectivity index (χ4n) is 1.62. The van der Waals surface area contributed by atoms with Crippen LogP contribution in [0, 0.1) is 0 Å². The first-order chi connectivity index (χ1) is 8.61. The van der Waals surface area contributed by atoms with Crippen LogP contribution in [0.5, 0.6) is 5.75 Å². The minimum Gasteiger partial charge on any atom is -0.492 e. The van der Waals surface area contributed by atoms with E-state index in [1.54, 1.807) is 0 Å². The van der Waals surface area contributed by atoms with Gasteiger partial charge in [0, 0.05) is 13.1 Å². The Morgan fingerprint density at radius 3 is 2.50 bits per heavy atom. The molecule has 100 valence electrons. The van der Waals surface area contributed by atoms with Crippen LogP contribution in [0.25, 0.3) is 6.08 Å². The minimum absolute atomic E-state index is 0.723. The van der Waals surface area contributed by atoms with Crippen molar-refractivity contribution in [3.8, 4) is 5.75 Å². The molecule has 0 aliphatic rings. The van der Waals surface area contributed by atoms with E-state index in [0.717, 1.165) is 25.4 Å². The summed E-state index contributed by atoms with van der Waals surface area (Å²) in [5.74, 6) is 0.931. The van der Waals surface area contributed by atoms with Crippen molar-refractivity contribution < 1.29 is 4.74 Å². The van der Waals surface area contributed by atoms with Crippen molar-refractivity contribution in [2.24, 2.45) is 0 Å². The van der Waals surface area contributed by atoms with Gasteiger partial charge in [-0.05, 0) is 45.8 Å². The second-order valence-corrected chi connectivity index (χ2v) is 4.74. The first-order valence-electron chi connectivity index (χ1n) is 6.31. The second-order valence-electron chi connectivity index (χ2n) is 4.74. The third kappa shape index (κ3) is 5.84. The average Bonchev–Trinajstić information content (AvgIpc) is 2.31. The Hall–Kier alpha value is -1.32. The van der Waals surface area contributed by atoms with Gasteiger partial charge in [0.15, 0.2) is 0 Å². The number of likely N-dealkylation sites (N-methyl/N-ethyl adjacent to an activating group) is 2. The molecule has 0 spiro atoms. The Balaban J connectivity index is 2.49. The molecule has 0 aromatic heterocycles. The SMILES string of the molecule is CNCC(C)=Cc1ccc(OCCN(C)C)cc1. The van der Waals surface area contributed by atoms with E-state index in [1.807, 2.05) is 33.3 Å². The van der Waals surface area contributed by atoms with E-state index in [-0.39, 0.29) is 0 Å². The number of ether oxygens (including phenoxy) is 1. The summed E-state index contributed by atoms with van der Waals surface area (Å²) in [7, 11) is 6.04. The van der Waals surface area contributed by atoms with Gasteiger partial charge in [-0.15, -0.1) is 0 Å². The van der Waals surface area contributed by atoms with E-state index in [4.69, 9.17) is 4.74 Å². The topological polar surface area (TPSA) is 24.5 Å². The van der Waals surface area contributed by atoms with Crippen molar-refractivity contribution in [1.82, 2.24) is 10.2 Å². The molecule has 1 aromatic carbocycles. The highest BCUT2D eigenvalue weighted by Crippen LogP contribution is 2.14. The fraction of sp³-hybridized carbons (Fsp3) is 0.467. The predicted molar refractivity (Wildman–Crippen MR) is 78.1 cm³/mol. The summed E-state index contributed by atoms with van der Waals surface area (Å²) in [6, 6.07) is 8.22. The van der Waals surface area contributed by atoms with Gasteiger partial charge >= 0.3 is 0 Å². The maximum absolute atomic E-state index is 5.65. The molecule has 0 atom stereocenters. The summed E-state index contributed by atoms with van der Waals surface area (Å²) >= 11 is 0. The van der Waals surface area contributed by atoms with E-state index < -0.39 is 0 Å². The molecule has 0 aliphatic carbocycles. The molecule has 0 bridgehead atoms. The summed E-state index contributed by atoms with van der Waals surface area (Å²) < 4.78 is 5.65. The van der Waals surface area contributed by atoms with Crippen molar-refractivity contribution >= 4 is 6.08 Å². The maximum atomic E-state index is 5.65. The quantitative estimate of drug-likeness (QED) is 0.801. The maximum Gasteiger partial charge on any atom is 0.119 e. The molecule has 1 rings (SSSR count). The van der Waals surface area contributed by atoms with Crippen LogP contribution in [0.1, 0.15) is 12.5 Å². The molecular formula is C15H24N2O. The van der Waals surface area contributed by atoms with Crippen molar-refractivity contribution in [1.29, 1.82) is 0 Å². The number of hydrogen-bond acceptors (Lipinski definition) is 3. The molecule has 0 heterocycles. The Bertz CT molecular complexity index is 369. The summed E-state index contributed by atoms with van der Waals surface area (Å²) in [6.45, 7) is 4.70. The third-order valence-corrected chi connectivity index (χ3v) is 2.56. The van der Waals surface area contributed by atoms with Crippen molar-refractivity contribution in [3.63, 3.8) is 0 Å². The standard InChI is InChI=1S/C15H24N2O/c1-13(12-16-2)11-14-5-7-15(8-6-14)18-10-9-17(3)4/h5-8,11,16H,9-10,12H2,1-4H3. The van der Waals surface area contributed by atoms with Gasteiger partial charge in [0.1, 0.15) is 12.4 Å². The molecule has 0 fully saturated rings. The lowest BCUT2D eigenvalue weighted by atomic mass is 10.1. The highest BCUT2D eigenvalue weighted by atomic mass is 16.5. The minimum atomic E-state index is 0.723. The Labute approximate surface area is 110 Å². The van der Waals surface area contributed by atoms with E-state index in [2.05, 4.69) is 35.3 Å². The van der Waals surface area contributed by atoms with Gasteiger partial charge in [0.2, 0.25) is 0 Å². The highest BCUT2D eigenvalue weighted by Gasteiger charge is 1.96. The predicted octanol–water partition coefficient (Wildman–Crippen LogP) is 2.25. The smallest absolute Gasteiger partial charge is 0.119 e. The van der Waals surface area contributed by atoms with Gasteiger partial charge in [-0.1, -0.05) is 23.8 Å². The number of hydrogen-bond donors (Lipinski definition) is 1. The highest BCUT2D eigenvalue weighted by molar-refractivity contribution is 5.53. The summed E-state index contributed by atoms with van der Waals surface area (Å²) in [5.41, 5.74) is 2.53.